The summed E-state index contributed by atoms with van der Waals surface area (Å²) in [4.78, 5) is 2.02. The van der Waals surface area contributed by atoms with E-state index in [2.05, 4.69) is 0 Å². The van der Waals surface area contributed by atoms with Gasteiger partial charge in [-0.15, -0.1) is 0 Å². The molecule has 2 N–H and O–H groups in total. The lowest BCUT2D eigenvalue weighted by molar-refractivity contribution is -0.193. The first-order valence-electron chi connectivity index (χ1n) is 6.22. The average Bonchev–Trinajstić information content (AvgIpc) is 2.26. The molecule has 2 unspecified atom stereocenters. The zero-order valence-electron chi connectivity index (χ0n) is 10.8. The largest absolute Gasteiger partial charge is 0.391 e. The van der Waals surface area contributed by atoms with E-state index in [1.165, 1.54) is 0 Å². The molecule has 1 saturated carbocycles. The van der Waals surface area contributed by atoms with E-state index < -0.39 is 17.6 Å². The molecule has 0 aromatic heterocycles. The highest BCUT2D eigenvalue weighted by Gasteiger charge is 2.48. The third-order valence-electron chi connectivity index (χ3n) is 4.19. The van der Waals surface area contributed by atoms with Gasteiger partial charge >= 0.3 is 6.18 Å². The van der Waals surface area contributed by atoms with Crippen molar-refractivity contribution < 1.29 is 13.2 Å². The smallest absolute Gasteiger partial charge is 0.329 e. The SMILES string of the molecule is CC(C)N(C)C1(CN)CCCC(C(F)(F)F)C1. The molecular weight excluding hydrogens is 229 g/mol. The molecule has 0 aromatic rings. The predicted octanol–water partition coefficient (Wildman–Crippen LogP) is 2.78. The van der Waals surface area contributed by atoms with Gasteiger partial charge in [0.1, 0.15) is 0 Å². The number of alkyl halides is 3. The van der Waals surface area contributed by atoms with Crippen molar-refractivity contribution in [2.45, 2.75) is 57.3 Å². The van der Waals surface area contributed by atoms with Gasteiger partial charge in [0.25, 0.3) is 0 Å². The predicted molar refractivity (Wildman–Crippen MR) is 62.7 cm³/mol. The van der Waals surface area contributed by atoms with Crippen molar-refractivity contribution in [3.8, 4) is 0 Å². The van der Waals surface area contributed by atoms with E-state index in [1.807, 2.05) is 25.8 Å². The molecule has 0 amide bonds. The summed E-state index contributed by atoms with van der Waals surface area (Å²) < 4.78 is 38.5. The zero-order valence-corrected chi connectivity index (χ0v) is 10.8. The van der Waals surface area contributed by atoms with E-state index in [4.69, 9.17) is 5.73 Å². The summed E-state index contributed by atoms with van der Waals surface area (Å²) in [5.74, 6) is -1.19. The van der Waals surface area contributed by atoms with Crippen LogP contribution in [-0.4, -0.2) is 36.2 Å². The molecular formula is C12H23F3N2. The minimum Gasteiger partial charge on any atom is -0.329 e. The number of hydrogen-bond acceptors (Lipinski definition) is 2. The minimum absolute atomic E-state index is 0.141. The Hall–Kier alpha value is -0.290. The number of likely N-dealkylation sites (N-methyl/N-ethyl adjacent to an activating group) is 1. The Morgan fingerprint density at radius 3 is 2.41 bits per heavy atom. The van der Waals surface area contributed by atoms with Crippen molar-refractivity contribution >= 4 is 0 Å². The summed E-state index contributed by atoms with van der Waals surface area (Å²) in [6.45, 7) is 4.29. The molecule has 5 heteroatoms. The summed E-state index contributed by atoms with van der Waals surface area (Å²) >= 11 is 0. The zero-order chi connectivity index (χ0) is 13.3. The molecule has 2 atom stereocenters. The Balaban J connectivity index is 2.86. The molecule has 1 fully saturated rings. The van der Waals surface area contributed by atoms with Gasteiger partial charge in [0.05, 0.1) is 5.92 Å². The average molecular weight is 252 g/mol. The second-order valence-corrected chi connectivity index (χ2v) is 5.47. The molecule has 0 spiro atoms. The fourth-order valence-corrected chi connectivity index (χ4v) is 2.82. The number of halogens is 3. The van der Waals surface area contributed by atoms with E-state index >= 15 is 0 Å². The van der Waals surface area contributed by atoms with Gasteiger partial charge < -0.3 is 5.73 Å². The maximum Gasteiger partial charge on any atom is 0.391 e. The van der Waals surface area contributed by atoms with Crippen LogP contribution < -0.4 is 5.73 Å². The van der Waals surface area contributed by atoms with Gasteiger partial charge in [-0.3, -0.25) is 4.90 Å². The standard InChI is InChI=1S/C12H23F3N2/c1-9(2)17(3)11(8-16)6-4-5-10(7-11)12(13,14)15/h9-10H,4-8,16H2,1-3H3. The van der Waals surface area contributed by atoms with Crippen LogP contribution in [0.4, 0.5) is 13.2 Å². The van der Waals surface area contributed by atoms with Crippen molar-refractivity contribution in [1.29, 1.82) is 0 Å². The van der Waals surface area contributed by atoms with E-state index in [-0.39, 0.29) is 18.9 Å². The van der Waals surface area contributed by atoms with Gasteiger partial charge in [-0.1, -0.05) is 6.42 Å². The molecule has 0 bridgehead atoms. The van der Waals surface area contributed by atoms with Crippen LogP contribution in [0, 0.1) is 5.92 Å². The van der Waals surface area contributed by atoms with Gasteiger partial charge in [0.15, 0.2) is 0 Å². The summed E-state index contributed by atoms with van der Waals surface area (Å²) in [6.07, 6.45) is -2.32. The second-order valence-electron chi connectivity index (χ2n) is 5.47. The summed E-state index contributed by atoms with van der Waals surface area (Å²) in [5.41, 5.74) is 5.29. The molecule has 102 valence electrons. The number of rotatable bonds is 3. The lowest BCUT2D eigenvalue weighted by Crippen LogP contribution is -2.58. The monoisotopic (exact) mass is 252 g/mol. The normalized spacial score (nSPS) is 31.2. The van der Waals surface area contributed by atoms with Crippen LogP contribution in [0.5, 0.6) is 0 Å². The molecule has 2 nitrogen and oxygen atoms in total. The van der Waals surface area contributed by atoms with Crippen LogP contribution in [0.15, 0.2) is 0 Å². The Morgan fingerprint density at radius 1 is 1.41 bits per heavy atom. The van der Waals surface area contributed by atoms with Gasteiger partial charge in [0, 0.05) is 18.1 Å². The summed E-state index contributed by atoms with van der Waals surface area (Å²) in [5, 5.41) is 0. The molecule has 1 rings (SSSR count). The Bertz CT molecular complexity index is 253. The number of nitrogens with two attached hydrogens (primary N) is 1. The van der Waals surface area contributed by atoms with Crippen LogP contribution in [0.2, 0.25) is 0 Å². The highest BCUT2D eigenvalue weighted by Crippen LogP contribution is 2.43. The fourth-order valence-electron chi connectivity index (χ4n) is 2.82. The third kappa shape index (κ3) is 3.13. The van der Waals surface area contributed by atoms with E-state index in [0.29, 0.717) is 13.0 Å². The van der Waals surface area contributed by atoms with E-state index in [0.717, 1.165) is 6.42 Å². The van der Waals surface area contributed by atoms with Gasteiger partial charge in [-0.05, 0) is 40.2 Å². The summed E-state index contributed by atoms with van der Waals surface area (Å²) in [6, 6.07) is 0.213. The first-order chi connectivity index (χ1) is 7.73. The van der Waals surface area contributed by atoms with Crippen molar-refractivity contribution in [3.05, 3.63) is 0 Å². The molecule has 1 aliphatic rings. The van der Waals surface area contributed by atoms with E-state index in [9.17, 15) is 13.2 Å². The van der Waals surface area contributed by atoms with Gasteiger partial charge in [0.2, 0.25) is 0 Å². The fraction of sp³-hybridized carbons (Fsp3) is 1.00. The summed E-state index contributed by atoms with van der Waals surface area (Å²) in [7, 11) is 1.89. The first-order valence-corrected chi connectivity index (χ1v) is 6.22. The number of hydrogen-bond donors (Lipinski definition) is 1. The van der Waals surface area contributed by atoms with E-state index in [1.54, 1.807) is 0 Å². The third-order valence-corrected chi connectivity index (χ3v) is 4.19. The molecule has 0 radical (unpaired) electrons. The van der Waals surface area contributed by atoms with Crippen molar-refractivity contribution in [2.24, 2.45) is 11.7 Å². The highest BCUT2D eigenvalue weighted by atomic mass is 19.4. The first kappa shape index (κ1) is 14.8. The van der Waals surface area contributed by atoms with Crippen LogP contribution in [0.3, 0.4) is 0 Å². The lowest BCUT2D eigenvalue weighted by atomic mass is 9.74. The van der Waals surface area contributed by atoms with Crippen LogP contribution in [-0.2, 0) is 0 Å². The van der Waals surface area contributed by atoms with Crippen molar-refractivity contribution in [2.75, 3.05) is 13.6 Å². The lowest BCUT2D eigenvalue weighted by Gasteiger charge is -2.48. The maximum atomic E-state index is 12.8. The topological polar surface area (TPSA) is 29.3 Å². The van der Waals surface area contributed by atoms with Gasteiger partial charge in [-0.25, -0.2) is 0 Å². The van der Waals surface area contributed by atoms with Crippen LogP contribution in [0.1, 0.15) is 39.5 Å². The van der Waals surface area contributed by atoms with Gasteiger partial charge in [-0.2, -0.15) is 13.2 Å². The van der Waals surface area contributed by atoms with Crippen LogP contribution in [0.25, 0.3) is 0 Å². The van der Waals surface area contributed by atoms with Crippen molar-refractivity contribution in [1.82, 2.24) is 4.90 Å². The quantitative estimate of drug-likeness (QED) is 0.837. The molecule has 0 heterocycles. The second kappa shape index (κ2) is 5.14. The highest BCUT2D eigenvalue weighted by molar-refractivity contribution is 4.97. The molecule has 0 aromatic carbocycles. The van der Waals surface area contributed by atoms with Crippen molar-refractivity contribution in [3.63, 3.8) is 0 Å². The molecule has 0 aliphatic heterocycles. The number of nitrogens with zero attached hydrogens (tertiary/aromatic N) is 1. The molecule has 17 heavy (non-hydrogen) atoms. The Labute approximate surface area is 101 Å². The maximum absolute atomic E-state index is 12.8. The molecule has 1 aliphatic carbocycles. The van der Waals surface area contributed by atoms with Crippen LogP contribution >= 0.6 is 0 Å². The molecule has 0 saturated heterocycles. The Morgan fingerprint density at radius 2 is 2.00 bits per heavy atom. The minimum atomic E-state index is -4.08. The Kier molecular flexibility index (Phi) is 4.47.